The molecule has 0 bridgehead atoms. The number of nitrogens with zero attached hydrogens (tertiary/aromatic N) is 2. The molecule has 1 spiro atoms. The van der Waals surface area contributed by atoms with Crippen molar-refractivity contribution in [1.29, 1.82) is 0 Å². The van der Waals surface area contributed by atoms with Crippen LogP contribution < -0.4 is 14.5 Å². The summed E-state index contributed by atoms with van der Waals surface area (Å²) < 4.78 is 57.9. The highest BCUT2D eigenvalue weighted by Gasteiger charge is 2.53. The zero-order valence-corrected chi connectivity index (χ0v) is 33.9. The molecule has 0 aromatic heterocycles. The van der Waals surface area contributed by atoms with E-state index in [9.17, 15) is 4.79 Å². The molecule has 320 valence electrons. The Balaban J connectivity index is 1.26. The number of hydrogen-bond acceptors (Lipinski definition) is 15. The number of hydrogen-bond donors (Lipinski definition) is 2. The van der Waals surface area contributed by atoms with Crippen molar-refractivity contribution in [1.82, 2.24) is 0 Å². The summed E-state index contributed by atoms with van der Waals surface area (Å²) in [6, 6.07) is 19.6. The Morgan fingerprint density at radius 1 is 0.534 bits per heavy atom. The van der Waals surface area contributed by atoms with Gasteiger partial charge in [-0.05, 0) is 50.2 Å². The van der Waals surface area contributed by atoms with E-state index in [2.05, 4.69) is 29.7 Å². The first kappa shape index (κ1) is 45.2. The monoisotopic (exact) mass is 812 g/mol. The summed E-state index contributed by atoms with van der Waals surface area (Å²) in [5, 5.41) is 17.6. The predicted octanol–water partition coefficient (Wildman–Crippen LogP) is 3.98. The van der Waals surface area contributed by atoms with Crippen molar-refractivity contribution in [2.45, 2.75) is 19.4 Å². The molecule has 0 saturated heterocycles. The van der Waals surface area contributed by atoms with Crippen LogP contribution in [0.3, 0.4) is 0 Å². The maximum Gasteiger partial charge on any atom is 0.340 e. The Morgan fingerprint density at radius 2 is 1.05 bits per heavy atom. The van der Waals surface area contributed by atoms with Crippen LogP contribution in [0.25, 0.3) is 0 Å². The van der Waals surface area contributed by atoms with Gasteiger partial charge in [-0.2, -0.15) is 0 Å². The zero-order chi connectivity index (χ0) is 40.8. The Hall–Kier alpha value is -3.87. The van der Waals surface area contributed by atoms with Crippen LogP contribution >= 0.6 is 0 Å². The van der Waals surface area contributed by atoms with Crippen molar-refractivity contribution < 1.29 is 62.4 Å². The minimum atomic E-state index is -1.22. The van der Waals surface area contributed by atoms with Gasteiger partial charge in [0.1, 0.15) is 18.2 Å². The molecule has 15 nitrogen and oxygen atoms in total. The van der Waals surface area contributed by atoms with Crippen molar-refractivity contribution in [2.75, 3.05) is 148 Å². The minimum Gasteiger partial charge on any atom is -0.456 e. The summed E-state index contributed by atoms with van der Waals surface area (Å²) in [5.41, 5.74) is 3.42. The molecule has 0 fully saturated rings. The first-order valence-electron chi connectivity index (χ1n) is 20.2. The zero-order valence-electron chi connectivity index (χ0n) is 33.9. The molecular weight excluding hydrogens is 752 g/mol. The van der Waals surface area contributed by atoms with Gasteiger partial charge in [0.25, 0.3) is 0 Å². The number of rotatable bonds is 31. The average Bonchev–Trinajstić information content (AvgIpc) is 3.54. The number of aliphatic hydroxyl groups excluding tert-OH is 2. The highest BCUT2D eigenvalue weighted by molar-refractivity contribution is 5.97. The van der Waals surface area contributed by atoms with E-state index in [1.807, 2.05) is 48.5 Å². The third-order valence-electron chi connectivity index (χ3n) is 9.63. The molecule has 0 amide bonds. The fourth-order valence-electron chi connectivity index (χ4n) is 6.80. The van der Waals surface area contributed by atoms with E-state index in [0.717, 1.165) is 41.2 Å². The number of carbonyl (C=O) groups excluding carboxylic acids is 1. The Kier molecular flexibility index (Phi) is 19.4. The van der Waals surface area contributed by atoms with E-state index >= 15 is 0 Å². The molecule has 3 aromatic rings. The summed E-state index contributed by atoms with van der Waals surface area (Å²) in [4.78, 5) is 17.9. The van der Waals surface area contributed by atoms with Gasteiger partial charge >= 0.3 is 5.97 Å². The van der Waals surface area contributed by atoms with Gasteiger partial charge in [-0.15, -0.1) is 0 Å². The molecule has 2 aliphatic heterocycles. The first-order chi connectivity index (χ1) is 28.6. The standard InChI is InChI=1S/C43H60N2O13/c1-3-44(4-2)35-9-11-38-41(32-35)57-40-12-10-34(31-39(40)43(38)37-8-6-5-7-36(37)42(48)58-43)45(33-56-30-29-55-28-27-54-24-21-51-18-15-47)13-16-49-19-22-52-25-26-53-23-20-50-17-14-46/h5-12,31-32,46-47H,3-4,13-30,33H2,1-2H3. The number of esters is 1. The van der Waals surface area contributed by atoms with Crippen LogP contribution in [0.2, 0.25) is 0 Å². The van der Waals surface area contributed by atoms with Crippen molar-refractivity contribution in [3.63, 3.8) is 0 Å². The van der Waals surface area contributed by atoms with Crippen LogP contribution in [-0.2, 0) is 48.2 Å². The lowest BCUT2D eigenvalue weighted by molar-refractivity contribution is -0.00777. The molecule has 2 aliphatic rings. The molecule has 0 aliphatic carbocycles. The van der Waals surface area contributed by atoms with E-state index < -0.39 is 5.60 Å². The van der Waals surface area contributed by atoms with Crippen molar-refractivity contribution >= 4 is 17.3 Å². The first-order valence-corrected chi connectivity index (χ1v) is 20.2. The fourth-order valence-corrected chi connectivity index (χ4v) is 6.80. The van der Waals surface area contributed by atoms with Crippen LogP contribution in [0, 0.1) is 0 Å². The largest absolute Gasteiger partial charge is 0.456 e. The Morgan fingerprint density at radius 3 is 1.64 bits per heavy atom. The molecule has 0 radical (unpaired) electrons. The second-order valence-corrected chi connectivity index (χ2v) is 13.3. The van der Waals surface area contributed by atoms with Crippen LogP contribution in [0.1, 0.15) is 40.9 Å². The fraction of sp³-hybridized carbons (Fsp3) is 0.558. The van der Waals surface area contributed by atoms with Gasteiger partial charge in [-0.1, -0.05) is 18.2 Å². The molecule has 0 saturated carbocycles. The number of ether oxygens (including phenoxy) is 10. The van der Waals surface area contributed by atoms with Crippen molar-refractivity contribution in [3.8, 4) is 11.5 Å². The number of benzene rings is 3. The van der Waals surface area contributed by atoms with Gasteiger partial charge in [0, 0.05) is 53.8 Å². The number of anilines is 2. The lowest BCUT2D eigenvalue weighted by atomic mass is 9.77. The number of aliphatic hydroxyl groups is 2. The third kappa shape index (κ3) is 12.3. The van der Waals surface area contributed by atoms with E-state index in [1.54, 1.807) is 6.07 Å². The molecule has 2 heterocycles. The van der Waals surface area contributed by atoms with E-state index in [-0.39, 0.29) is 25.9 Å². The number of fused-ring (bicyclic) bond motifs is 6. The van der Waals surface area contributed by atoms with Crippen molar-refractivity contribution in [2.24, 2.45) is 0 Å². The summed E-state index contributed by atoms with van der Waals surface area (Å²) in [6.45, 7) is 12.6. The van der Waals surface area contributed by atoms with E-state index in [0.29, 0.717) is 123 Å². The third-order valence-corrected chi connectivity index (χ3v) is 9.63. The van der Waals surface area contributed by atoms with E-state index in [4.69, 9.17) is 57.6 Å². The molecule has 58 heavy (non-hydrogen) atoms. The van der Waals surface area contributed by atoms with Crippen LogP contribution in [0.15, 0.2) is 60.7 Å². The molecule has 1 atom stereocenters. The maximum absolute atomic E-state index is 13.6. The Labute approximate surface area is 341 Å². The van der Waals surface area contributed by atoms with Gasteiger partial charge in [-0.3, -0.25) is 0 Å². The lowest BCUT2D eigenvalue weighted by Gasteiger charge is -2.38. The second kappa shape index (κ2) is 24.9. The summed E-state index contributed by atoms with van der Waals surface area (Å²) in [7, 11) is 0. The quantitative estimate of drug-likeness (QED) is 0.0546. The molecular formula is C43H60N2O13. The van der Waals surface area contributed by atoms with Gasteiger partial charge in [0.15, 0.2) is 5.60 Å². The average molecular weight is 813 g/mol. The topological polar surface area (TPSA) is 156 Å². The summed E-state index contributed by atoms with van der Waals surface area (Å²) in [5.74, 6) is 0.857. The molecule has 2 N–H and O–H groups in total. The van der Waals surface area contributed by atoms with Gasteiger partial charge < -0.3 is 67.4 Å². The van der Waals surface area contributed by atoms with Crippen LogP contribution in [0.5, 0.6) is 11.5 Å². The SMILES string of the molecule is CCN(CC)c1ccc2c(c1)Oc1ccc(N(CCOCCOCCOCCOCCO)COCCOCCOCCOCCO)cc1C21OC(=O)c2ccccc21. The van der Waals surface area contributed by atoms with Gasteiger partial charge in [0.05, 0.1) is 118 Å². The normalized spacial score (nSPS) is 15.2. The van der Waals surface area contributed by atoms with Gasteiger partial charge in [0.2, 0.25) is 0 Å². The highest BCUT2D eigenvalue weighted by Crippen LogP contribution is 2.57. The van der Waals surface area contributed by atoms with Crippen LogP contribution in [-0.4, -0.2) is 155 Å². The van der Waals surface area contributed by atoms with Crippen molar-refractivity contribution in [3.05, 3.63) is 82.9 Å². The smallest absolute Gasteiger partial charge is 0.340 e. The molecule has 5 rings (SSSR count). The van der Waals surface area contributed by atoms with Crippen LogP contribution in [0.4, 0.5) is 11.4 Å². The lowest BCUT2D eigenvalue weighted by Crippen LogP contribution is -2.35. The van der Waals surface area contributed by atoms with Gasteiger partial charge in [-0.25, -0.2) is 4.79 Å². The van der Waals surface area contributed by atoms with E-state index in [1.165, 1.54) is 0 Å². The summed E-state index contributed by atoms with van der Waals surface area (Å²) in [6.07, 6.45) is 0. The minimum absolute atomic E-state index is 0.00687. The molecule has 1 unspecified atom stereocenters. The molecule has 15 heteroatoms. The number of carbonyl (C=O) groups is 1. The highest BCUT2D eigenvalue weighted by atomic mass is 16.6. The summed E-state index contributed by atoms with van der Waals surface area (Å²) >= 11 is 0. The predicted molar refractivity (Wildman–Crippen MR) is 216 cm³/mol. The molecule has 3 aromatic carbocycles. The Bertz CT molecular complexity index is 1660. The second-order valence-electron chi connectivity index (χ2n) is 13.3. The maximum atomic E-state index is 13.6.